The number of aryl methyl sites for hydroxylation is 1. The number of carbonyl (C=O) groups excluding carboxylic acids is 1. The summed E-state index contributed by atoms with van der Waals surface area (Å²) in [5.41, 5.74) is 1.37. The van der Waals surface area contributed by atoms with Crippen molar-refractivity contribution in [2.24, 2.45) is 0 Å². The highest BCUT2D eigenvalue weighted by molar-refractivity contribution is 7.92. The molecule has 0 aromatic heterocycles. The summed E-state index contributed by atoms with van der Waals surface area (Å²) in [7, 11) is -3.67. The molecule has 6 nitrogen and oxygen atoms in total. The first-order chi connectivity index (χ1) is 13.3. The number of hydrogen-bond acceptors (Lipinski definition) is 4. The minimum Gasteiger partial charge on any atom is -0.494 e. The number of nitrogens with one attached hydrogen (secondary N) is 1. The van der Waals surface area contributed by atoms with Gasteiger partial charge in [-0.1, -0.05) is 12.1 Å². The third-order valence-corrected chi connectivity index (χ3v) is 5.14. The maximum absolute atomic E-state index is 13.1. The van der Waals surface area contributed by atoms with Gasteiger partial charge in [-0.3, -0.25) is 9.10 Å². The molecule has 28 heavy (non-hydrogen) atoms. The van der Waals surface area contributed by atoms with E-state index in [1.807, 2.05) is 31.2 Å². The summed E-state index contributed by atoms with van der Waals surface area (Å²) in [5, 5.41) is 2.72. The van der Waals surface area contributed by atoms with Gasteiger partial charge in [0.1, 0.15) is 18.1 Å². The number of halogens is 1. The van der Waals surface area contributed by atoms with Crippen molar-refractivity contribution in [2.45, 2.75) is 19.8 Å². The second-order valence-corrected chi connectivity index (χ2v) is 8.18. The lowest BCUT2D eigenvalue weighted by molar-refractivity contribution is -0.119. The van der Waals surface area contributed by atoms with Crippen molar-refractivity contribution in [2.75, 3.05) is 30.3 Å². The number of amides is 1. The Hall–Kier alpha value is -2.61. The number of rotatable bonds is 10. The molecule has 0 radical (unpaired) electrons. The number of carbonyl (C=O) groups is 1. The predicted octanol–water partition coefficient (Wildman–Crippen LogP) is 2.74. The summed E-state index contributed by atoms with van der Waals surface area (Å²) in [6.07, 6.45) is 2.51. The molecule has 2 aromatic rings. The summed E-state index contributed by atoms with van der Waals surface area (Å²) >= 11 is 0. The van der Waals surface area contributed by atoms with Gasteiger partial charge >= 0.3 is 0 Å². The summed E-state index contributed by atoms with van der Waals surface area (Å²) < 4.78 is 43.4. The van der Waals surface area contributed by atoms with E-state index in [1.165, 1.54) is 12.1 Å². The molecule has 0 aliphatic heterocycles. The maximum Gasteiger partial charge on any atom is 0.240 e. The molecule has 0 unspecified atom stereocenters. The summed E-state index contributed by atoms with van der Waals surface area (Å²) in [5.74, 6) is -0.0707. The number of hydrogen-bond donors (Lipinski definition) is 1. The molecule has 0 heterocycles. The van der Waals surface area contributed by atoms with Crippen molar-refractivity contribution in [1.82, 2.24) is 5.32 Å². The summed E-state index contributed by atoms with van der Waals surface area (Å²) in [6, 6.07) is 12.7. The van der Waals surface area contributed by atoms with E-state index in [4.69, 9.17) is 4.74 Å². The Morgan fingerprint density at radius 3 is 2.32 bits per heavy atom. The van der Waals surface area contributed by atoms with Gasteiger partial charge in [0.2, 0.25) is 15.9 Å². The number of anilines is 1. The lowest BCUT2D eigenvalue weighted by Gasteiger charge is -2.21. The van der Waals surface area contributed by atoms with Crippen molar-refractivity contribution in [3.05, 3.63) is 59.9 Å². The van der Waals surface area contributed by atoms with Crippen molar-refractivity contribution in [3.63, 3.8) is 0 Å². The van der Waals surface area contributed by atoms with Crippen molar-refractivity contribution >= 4 is 21.6 Å². The SMILES string of the molecule is CCOc1ccc(CCCNC(=O)CN(c2ccc(F)cc2)S(C)(=O)=O)cc1. The van der Waals surface area contributed by atoms with Crippen LogP contribution in [0.2, 0.25) is 0 Å². The number of nitrogens with zero attached hydrogens (tertiary/aromatic N) is 1. The van der Waals surface area contributed by atoms with E-state index < -0.39 is 21.7 Å². The zero-order valence-corrected chi connectivity index (χ0v) is 16.8. The van der Waals surface area contributed by atoms with Crippen molar-refractivity contribution in [3.8, 4) is 5.75 Å². The topological polar surface area (TPSA) is 75.7 Å². The van der Waals surface area contributed by atoms with Gasteiger partial charge in [0.05, 0.1) is 18.6 Å². The smallest absolute Gasteiger partial charge is 0.240 e. The molecule has 0 saturated heterocycles. The fourth-order valence-electron chi connectivity index (χ4n) is 2.63. The van der Waals surface area contributed by atoms with E-state index in [0.29, 0.717) is 13.2 Å². The second-order valence-electron chi connectivity index (χ2n) is 6.28. The van der Waals surface area contributed by atoms with Gasteiger partial charge in [-0.05, 0) is 61.7 Å². The first kappa shape index (κ1) is 21.7. The van der Waals surface area contributed by atoms with Crippen LogP contribution in [0.3, 0.4) is 0 Å². The molecule has 2 aromatic carbocycles. The van der Waals surface area contributed by atoms with Crippen LogP contribution in [0.4, 0.5) is 10.1 Å². The van der Waals surface area contributed by atoms with E-state index in [1.54, 1.807) is 0 Å². The summed E-state index contributed by atoms with van der Waals surface area (Å²) in [4.78, 5) is 12.2. The molecule has 0 fully saturated rings. The molecule has 0 bridgehead atoms. The third-order valence-electron chi connectivity index (χ3n) is 4.00. The third kappa shape index (κ3) is 6.84. The molecule has 1 amide bonds. The van der Waals surface area contributed by atoms with E-state index in [-0.39, 0.29) is 12.2 Å². The molecule has 0 saturated carbocycles. The molecular weight excluding hydrogens is 383 g/mol. The first-order valence-corrected chi connectivity index (χ1v) is 10.9. The van der Waals surface area contributed by atoms with Crippen LogP contribution in [0.15, 0.2) is 48.5 Å². The van der Waals surface area contributed by atoms with Gasteiger partial charge < -0.3 is 10.1 Å². The minimum atomic E-state index is -3.67. The van der Waals surface area contributed by atoms with Crippen molar-refractivity contribution in [1.29, 1.82) is 0 Å². The Bertz CT molecular complexity index is 868. The van der Waals surface area contributed by atoms with Gasteiger partial charge in [0.15, 0.2) is 0 Å². The van der Waals surface area contributed by atoms with Crippen LogP contribution < -0.4 is 14.4 Å². The van der Waals surface area contributed by atoms with Crippen LogP contribution in [0.25, 0.3) is 0 Å². The fraction of sp³-hybridized carbons (Fsp3) is 0.350. The highest BCUT2D eigenvalue weighted by Crippen LogP contribution is 2.17. The van der Waals surface area contributed by atoms with E-state index >= 15 is 0 Å². The van der Waals surface area contributed by atoms with E-state index in [0.717, 1.165) is 46.8 Å². The van der Waals surface area contributed by atoms with E-state index in [9.17, 15) is 17.6 Å². The van der Waals surface area contributed by atoms with Gasteiger partial charge in [-0.15, -0.1) is 0 Å². The lowest BCUT2D eigenvalue weighted by Crippen LogP contribution is -2.40. The zero-order chi connectivity index (χ0) is 20.6. The predicted molar refractivity (Wildman–Crippen MR) is 108 cm³/mol. The highest BCUT2D eigenvalue weighted by Gasteiger charge is 2.20. The quantitative estimate of drug-likeness (QED) is 0.614. The maximum atomic E-state index is 13.1. The van der Waals surface area contributed by atoms with Crippen LogP contribution >= 0.6 is 0 Å². The Kier molecular flexibility index (Phi) is 7.80. The fourth-order valence-corrected chi connectivity index (χ4v) is 3.49. The second kappa shape index (κ2) is 10.1. The Morgan fingerprint density at radius 2 is 1.75 bits per heavy atom. The standard InChI is InChI=1S/C20H25FN2O4S/c1-3-27-19-12-6-16(7-13-19)5-4-14-22-20(24)15-23(28(2,25)26)18-10-8-17(21)9-11-18/h6-13H,3-5,14-15H2,1-2H3,(H,22,24). The zero-order valence-electron chi connectivity index (χ0n) is 16.0. The number of benzene rings is 2. The number of ether oxygens (including phenoxy) is 1. The molecule has 0 atom stereocenters. The van der Waals surface area contributed by atoms with Crippen LogP contribution in [-0.2, 0) is 21.2 Å². The molecule has 8 heteroatoms. The van der Waals surface area contributed by atoms with Crippen LogP contribution in [0.5, 0.6) is 5.75 Å². The van der Waals surface area contributed by atoms with E-state index in [2.05, 4.69) is 5.32 Å². The van der Waals surface area contributed by atoms with Gasteiger partial charge in [0, 0.05) is 6.54 Å². The summed E-state index contributed by atoms with van der Waals surface area (Å²) in [6.45, 7) is 2.62. The lowest BCUT2D eigenvalue weighted by atomic mass is 10.1. The molecule has 0 aliphatic carbocycles. The normalized spacial score (nSPS) is 11.1. The minimum absolute atomic E-state index is 0.244. The Labute approximate surface area is 165 Å². The van der Waals surface area contributed by atoms with Crippen molar-refractivity contribution < 1.29 is 22.3 Å². The number of sulfonamides is 1. The largest absolute Gasteiger partial charge is 0.494 e. The van der Waals surface area contributed by atoms with Crippen LogP contribution in [0.1, 0.15) is 18.9 Å². The molecular formula is C20H25FN2O4S. The molecule has 2 rings (SSSR count). The van der Waals surface area contributed by atoms with Crippen LogP contribution in [0, 0.1) is 5.82 Å². The molecule has 1 N–H and O–H groups in total. The average molecular weight is 408 g/mol. The first-order valence-electron chi connectivity index (χ1n) is 9.01. The van der Waals surface area contributed by atoms with Gasteiger partial charge in [-0.2, -0.15) is 0 Å². The van der Waals surface area contributed by atoms with Gasteiger partial charge in [-0.25, -0.2) is 12.8 Å². The average Bonchev–Trinajstić information content (AvgIpc) is 2.65. The Balaban J connectivity index is 1.83. The molecule has 152 valence electrons. The highest BCUT2D eigenvalue weighted by atomic mass is 32.2. The van der Waals surface area contributed by atoms with Crippen LogP contribution in [-0.4, -0.2) is 40.3 Å². The monoisotopic (exact) mass is 408 g/mol. The Morgan fingerprint density at radius 1 is 1.11 bits per heavy atom. The molecule has 0 spiro atoms. The molecule has 0 aliphatic rings. The van der Waals surface area contributed by atoms with Gasteiger partial charge in [0.25, 0.3) is 0 Å².